The summed E-state index contributed by atoms with van der Waals surface area (Å²) in [5, 5.41) is 13.2. The topological polar surface area (TPSA) is 71.0 Å². The minimum absolute atomic E-state index is 0.0702. The first-order valence-corrected chi connectivity index (χ1v) is 6.51. The number of nitrogens with one attached hydrogen (secondary N) is 1. The SMILES string of the molecule is CC(NCC1(O)CCOC1)C(=O)N1CCOCC1. The third-order valence-electron chi connectivity index (χ3n) is 3.51. The molecule has 1 amide bonds. The quantitative estimate of drug-likeness (QED) is 0.675. The highest BCUT2D eigenvalue weighted by Crippen LogP contribution is 2.17. The van der Waals surface area contributed by atoms with Gasteiger partial charge in [-0.05, 0) is 6.92 Å². The normalized spacial score (nSPS) is 30.4. The van der Waals surface area contributed by atoms with Crippen molar-refractivity contribution < 1.29 is 19.4 Å². The molecule has 2 saturated heterocycles. The van der Waals surface area contributed by atoms with Crippen LogP contribution in [0.25, 0.3) is 0 Å². The van der Waals surface area contributed by atoms with E-state index in [0.717, 1.165) is 0 Å². The van der Waals surface area contributed by atoms with E-state index in [1.807, 2.05) is 6.92 Å². The van der Waals surface area contributed by atoms with Crippen LogP contribution in [0.5, 0.6) is 0 Å². The Bertz CT molecular complexity index is 286. The van der Waals surface area contributed by atoms with Crippen molar-refractivity contribution in [2.45, 2.75) is 25.0 Å². The lowest BCUT2D eigenvalue weighted by atomic mass is 10.0. The van der Waals surface area contributed by atoms with Crippen molar-refractivity contribution >= 4 is 5.91 Å². The molecule has 0 aromatic heterocycles. The van der Waals surface area contributed by atoms with Crippen LogP contribution < -0.4 is 5.32 Å². The van der Waals surface area contributed by atoms with E-state index in [4.69, 9.17) is 9.47 Å². The van der Waals surface area contributed by atoms with Crippen LogP contribution in [0.4, 0.5) is 0 Å². The van der Waals surface area contributed by atoms with Gasteiger partial charge in [0.2, 0.25) is 5.91 Å². The van der Waals surface area contributed by atoms with Gasteiger partial charge in [-0.1, -0.05) is 0 Å². The molecule has 2 atom stereocenters. The van der Waals surface area contributed by atoms with Crippen LogP contribution in [0.1, 0.15) is 13.3 Å². The highest BCUT2D eigenvalue weighted by molar-refractivity contribution is 5.81. The number of hydrogen-bond acceptors (Lipinski definition) is 5. The summed E-state index contributed by atoms with van der Waals surface area (Å²) in [5.74, 6) is 0.0702. The van der Waals surface area contributed by atoms with Gasteiger partial charge in [-0.25, -0.2) is 0 Å². The summed E-state index contributed by atoms with van der Waals surface area (Å²) in [6.07, 6.45) is 0.623. The number of aliphatic hydroxyl groups is 1. The molecule has 0 aromatic carbocycles. The van der Waals surface area contributed by atoms with Gasteiger partial charge in [0.1, 0.15) is 5.60 Å². The molecule has 0 radical (unpaired) electrons. The average Bonchev–Trinajstić information content (AvgIpc) is 2.83. The maximum absolute atomic E-state index is 12.1. The summed E-state index contributed by atoms with van der Waals surface area (Å²) >= 11 is 0. The van der Waals surface area contributed by atoms with Gasteiger partial charge in [0, 0.05) is 32.7 Å². The Hall–Kier alpha value is -0.690. The fourth-order valence-electron chi connectivity index (χ4n) is 2.22. The zero-order chi connectivity index (χ0) is 13.0. The molecule has 2 unspecified atom stereocenters. The monoisotopic (exact) mass is 258 g/mol. The van der Waals surface area contributed by atoms with Crippen LogP contribution in [-0.2, 0) is 14.3 Å². The zero-order valence-electron chi connectivity index (χ0n) is 10.9. The average molecular weight is 258 g/mol. The van der Waals surface area contributed by atoms with Crippen LogP contribution in [-0.4, -0.2) is 73.6 Å². The number of carbonyl (C=O) groups excluding carboxylic acids is 1. The number of hydrogen-bond donors (Lipinski definition) is 2. The van der Waals surface area contributed by atoms with E-state index in [9.17, 15) is 9.90 Å². The van der Waals surface area contributed by atoms with Gasteiger partial charge in [0.05, 0.1) is 25.9 Å². The largest absolute Gasteiger partial charge is 0.386 e. The summed E-state index contributed by atoms with van der Waals surface area (Å²) in [4.78, 5) is 13.9. The van der Waals surface area contributed by atoms with Gasteiger partial charge in [0.15, 0.2) is 0 Å². The highest BCUT2D eigenvalue weighted by Gasteiger charge is 2.33. The van der Waals surface area contributed by atoms with E-state index < -0.39 is 5.60 Å². The van der Waals surface area contributed by atoms with Crippen LogP contribution >= 0.6 is 0 Å². The Balaban J connectivity index is 1.76. The van der Waals surface area contributed by atoms with E-state index in [-0.39, 0.29) is 11.9 Å². The molecule has 2 fully saturated rings. The van der Waals surface area contributed by atoms with E-state index in [0.29, 0.717) is 52.5 Å². The maximum atomic E-state index is 12.1. The molecule has 104 valence electrons. The molecule has 0 saturated carbocycles. The molecule has 2 heterocycles. The second-order valence-corrected chi connectivity index (χ2v) is 5.07. The number of nitrogens with zero attached hydrogens (tertiary/aromatic N) is 1. The second-order valence-electron chi connectivity index (χ2n) is 5.07. The number of amides is 1. The van der Waals surface area contributed by atoms with Gasteiger partial charge < -0.3 is 24.8 Å². The van der Waals surface area contributed by atoms with E-state index in [1.54, 1.807) is 4.90 Å². The van der Waals surface area contributed by atoms with E-state index in [2.05, 4.69) is 5.32 Å². The number of rotatable bonds is 4. The summed E-state index contributed by atoms with van der Waals surface area (Å²) in [7, 11) is 0. The molecule has 2 rings (SSSR count). The maximum Gasteiger partial charge on any atom is 0.239 e. The van der Waals surface area contributed by atoms with Crippen LogP contribution in [0.2, 0.25) is 0 Å². The summed E-state index contributed by atoms with van der Waals surface area (Å²) in [6.45, 7) is 5.67. The highest BCUT2D eigenvalue weighted by atomic mass is 16.5. The fourth-order valence-corrected chi connectivity index (χ4v) is 2.22. The number of carbonyl (C=O) groups is 1. The lowest BCUT2D eigenvalue weighted by Crippen LogP contribution is -2.52. The van der Waals surface area contributed by atoms with Crippen LogP contribution in [0, 0.1) is 0 Å². The lowest BCUT2D eigenvalue weighted by Gasteiger charge is -2.30. The van der Waals surface area contributed by atoms with Crippen LogP contribution in [0.3, 0.4) is 0 Å². The molecule has 0 spiro atoms. The molecular formula is C12H22N2O4. The number of ether oxygens (including phenoxy) is 2. The van der Waals surface area contributed by atoms with E-state index >= 15 is 0 Å². The molecule has 6 nitrogen and oxygen atoms in total. The van der Waals surface area contributed by atoms with Crippen molar-refractivity contribution in [3.05, 3.63) is 0 Å². The molecular weight excluding hydrogens is 236 g/mol. The van der Waals surface area contributed by atoms with Crippen molar-refractivity contribution in [1.29, 1.82) is 0 Å². The van der Waals surface area contributed by atoms with Crippen molar-refractivity contribution in [3.8, 4) is 0 Å². The molecule has 18 heavy (non-hydrogen) atoms. The third kappa shape index (κ3) is 3.41. The summed E-state index contributed by atoms with van der Waals surface area (Å²) in [6, 6.07) is -0.285. The van der Waals surface area contributed by atoms with Gasteiger partial charge in [-0.15, -0.1) is 0 Å². The zero-order valence-corrected chi connectivity index (χ0v) is 10.9. The summed E-state index contributed by atoms with van der Waals surface area (Å²) < 4.78 is 10.4. The molecule has 2 N–H and O–H groups in total. The molecule has 0 aromatic rings. The van der Waals surface area contributed by atoms with Crippen molar-refractivity contribution in [2.75, 3.05) is 46.1 Å². The standard InChI is InChI=1S/C12H22N2O4/c1-10(11(15)14-3-6-17-7-4-14)13-8-12(16)2-5-18-9-12/h10,13,16H,2-9H2,1H3. The van der Waals surface area contributed by atoms with Crippen molar-refractivity contribution in [2.24, 2.45) is 0 Å². The first kappa shape index (κ1) is 13.7. The molecule has 0 aliphatic carbocycles. The number of morpholine rings is 1. The Morgan fingerprint density at radius 3 is 2.72 bits per heavy atom. The molecule has 2 aliphatic heterocycles. The predicted molar refractivity (Wildman–Crippen MR) is 65.2 cm³/mol. The fraction of sp³-hybridized carbons (Fsp3) is 0.917. The first-order chi connectivity index (χ1) is 8.61. The minimum atomic E-state index is -0.820. The van der Waals surface area contributed by atoms with Crippen molar-refractivity contribution in [3.63, 3.8) is 0 Å². The first-order valence-electron chi connectivity index (χ1n) is 6.51. The van der Waals surface area contributed by atoms with Gasteiger partial charge in [-0.2, -0.15) is 0 Å². The van der Waals surface area contributed by atoms with Gasteiger partial charge in [0.25, 0.3) is 0 Å². The Morgan fingerprint density at radius 2 is 2.11 bits per heavy atom. The Labute approximate surface area is 107 Å². The molecule has 0 bridgehead atoms. The Kier molecular flexibility index (Phi) is 4.55. The predicted octanol–water partition coefficient (Wildman–Crippen LogP) is -1.03. The van der Waals surface area contributed by atoms with Gasteiger partial charge >= 0.3 is 0 Å². The smallest absolute Gasteiger partial charge is 0.239 e. The summed E-state index contributed by atoms with van der Waals surface area (Å²) in [5.41, 5.74) is -0.820. The minimum Gasteiger partial charge on any atom is -0.386 e. The van der Waals surface area contributed by atoms with Crippen molar-refractivity contribution in [1.82, 2.24) is 10.2 Å². The third-order valence-corrected chi connectivity index (χ3v) is 3.51. The van der Waals surface area contributed by atoms with Gasteiger partial charge in [-0.3, -0.25) is 4.79 Å². The Morgan fingerprint density at radius 1 is 1.39 bits per heavy atom. The van der Waals surface area contributed by atoms with E-state index in [1.165, 1.54) is 0 Å². The van der Waals surface area contributed by atoms with Crippen LogP contribution in [0.15, 0.2) is 0 Å². The molecule has 2 aliphatic rings. The lowest BCUT2D eigenvalue weighted by molar-refractivity contribution is -0.137. The molecule has 6 heteroatoms. The second kappa shape index (κ2) is 5.97.